The monoisotopic (exact) mass is 1360 g/mol. The molecule has 0 aliphatic heterocycles. The van der Waals surface area contributed by atoms with Gasteiger partial charge in [-0.1, -0.05) is 78.9 Å². The van der Waals surface area contributed by atoms with Crippen LogP contribution >= 0.6 is 34.4 Å². The van der Waals surface area contributed by atoms with E-state index >= 15 is 0 Å². The number of hydrogen-bond acceptors (Lipinski definition) is 8. The molecule has 0 aliphatic rings. The number of para-hydroxylation sites is 3. The molecule has 0 fully saturated rings. The maximum absolute atomic E-state index is 10.6. The average molecular weight is 1360 g/mol. The van der Waals surface area contributed by atoms with Gasteiger partial charge in [-0.2, -0.15) is 0 Å². The Labute approximate surface area is 582 Å². The van der Waals surface area contributed by atoms with Gasteiger partial charge in [-0.25, -0.2) is 0 Å². The molecule has 0 unspecified atom stereocenters. The first-order chi connectivity index (χ1) is 48.0. The smallest absolute Gasteiger partial charge is 0.150 e. The third kappa shape index (κ3) is 13.5. The Morgan fingerprint density at radius 2 is 0.541 bits per heavy atom. The number of hydrogen-bond donors (Lipinski definition) is 0. The van der Waals surface area contributed by atoms with Crippen LogP contribution in [-0.2, 0) is 12.3 Å². The maximum atomic E-state index is 10.6. The van der Waals surface area contributed by atoms with Crippen molar-refractivity contribution in [1.29, 1.82) is 0 Å². The number of aromatic nitrogens is 3. The molecule has 0 spiro atoms. The van der Waals surface area contributed by atoms with E-state index in [0.717, 1.165) is 127 Å². The first-order valence-corrected chi connectivity index (χ1v) is 38.8. The first kappa shape index (κ1) is 67.4. The molecule has 0 bridgehead atoms. The summed E-state index contributed by atoms with van der Waals surface area (Å²) in [7, 11) is 6.84. The van der Waals surface area contributed by atoms with Crippen LogP contribution in [0.5, 0.6) is 23.0 Å². The fraction of sp³-hybridized carbons (Fsp3) is 0.0698. The second-order valence-electron chi connectivity index (χ2n) is 23.5. The second kappa shape index (κ2) is 30.2. The molecular weight excluding hydrogens is 1290 g/mol. The summed E-state index contributed by atoms with van der Waals surface area (Å²) in [4.78, 5) is 23.6. The van der Waals surface area contributed by atoms with E-state index in [-0.39, 0.29) is 0 Å². The molecule has 12 heteroatoms. The van der Waals surface area contributed by atoms with E-state index in [0.29, 0.717) is 17.9 Å². The Morgan fingerprint density at radius 3 is 0.816 bits per heavy atom. The number of nitrogens with zero attached hydrogens (tertiary/aromatic N) is 3. The van der Waals surface area contributed by atoms with E-state index in [1.807, 2.05) is 146 Å². The number of carbonyl (C=O) groups is 1. The Balaban J connectivity index is 0.000000168. The van der Waals surface area contributed by atoms with Gasteiger partial charge in [-0.05, 0) is 59.7 Å². The van der Waals surface area contributed by atoms with E-state index in [4.69, 9.17) is 41.4 Å². The van der Waals surface area contributed by atoms with Gasteiger partial charge in [0.05, 0.1) is 30.8 Å². The number of methoxy groups -OCH3 is 4. The van der Waals surface area contributed by atoms with Crippen molar-refractivity contribution in [1.82, 2.24) is 15.0 Å². The van der Waals surface area contributed by atoms with Gasteiger partial charge in [-0.15, -0.1) is 0 Å². The van der Waals surface area contributed by atoms with Gasteiger partial charge < -0.3 is 9.47 Å². The minimum atomic E-state index is -3.70. The molecule has 486 valence electrons. The Hall–Kier alpha value is -10.6. The van der Waals surface area contributed by atoms with Crippen molar-refractivity contribution in [2.45, 2.75) is 12.3 Å². The number of fused-ring (bicyclic) bond motifs is 3. The molecule has 3 aromatic heterocycles. The number of rotatable bonds is 19. The van der Waals surface area contributed by atoms with E-state index in [2.05, 4.69) is 197 Å². The van der Waals surface area contributed by atoms with Crippen LogP contribution in [0.15, 0.2) is 316 Å². The van der Waals surface area contributed by atoms with E-state index in [1.54, 1.807) is 40.7 Å². The molecule has 8 nitrogen and oxygen atoms in total. The topological polar surface area (TPSA) is 92.7 Å². The van der Waals surface area contributed by atoms with Crippen LogP contribution in [0.25, 0.3) is 57.0 Å². The van der Waals surface area contributed by atoms with Crippen molar-refractivity contribution in [3.8, 4) is 23.0 Å². The zero-order valence-electron chi connectivity index (χ0n) is 54.9. The molecule has 0 aliphatic carbocycles. The van der Waals surface area contributed by atoms with Crippen molar-refractivity contribution < 1.29 is 23.7 Å². The van der Waals surface area contributed by atoms with Crippen molar-refractivity contribution in [3.05, 3.63) is 355 Å². The summed E-state index contributed by atoms with van der Waals surface area (Å²) in [5.74, 6) is -4.37. The number of pyridine rings is 3. The van der Waals surface area contributed by atoms with Crippen molar-refractivity contribution >= 4 is 130 Å². The van der Waals surface area contributed by atoms with Crippen molar-refractivity contribution in [2.24, 2.45) is 0 Å². The average Bonchev–Trinajstić information content (AvgIpc) is 0.706. The Kier molecular flexibility index (Phi) is 20.8. The number of ether oxygens (including phenoxy) is 4. The largest absolute Gasteiger partial charge is 0.298 e. The predicted molar refractivity (Wildman–Crippen MR) is 417 cm³/mol. The maximum Gasteiger partial charge on any atom is 0.150 e. The van der Waals surface area contributed by atoms with Gasteiger partial charge in [-0.3, -0.25) is 19.7 Å². The van der Waals surface area contributed by atoms with Gasteiger partial charge in [0.1, 0.15) is 11.5 Å². The van der Waals surface area contributed by atoms with Gasteiger partial charge >= 0.3 is 319 Å². The fourth-order valence-corrected chi connectivity index (χ4v) is 25.3. The van der Waals surface area contributed by atoms with Crippen LogP contribution in [-0.4, -0.2) is 49.7 Å². The summed E-state index contributed by atoms with van der Waals surface area (Å²) in [5.41, 5.74) is 9.49. The molecule has 0 N–H and O–H groups in total. The molecule has 98 heavy (non-hydrogen) atoms. The molecular formula is C86H73Cl2N3O5P2. The second-order valence-corrected chi connectivity index (χ2v) is 36.5. The zero-order chi connectivity index (χ0) is 67.8. The molecule has 0 amide bonds. The van der Waals surface area contributed by atoms with Gasteiger partial charge in [0, 0.05) is 51.4 Å². The summed E-state index contributed by atoms with van der Waals surface area (Å²) in [6.07, 6.45) is 15.4. The SMILES string of the molecule is COc1cc(/C=C/c2ccnc3ccccc23)c(OC)cc1/C=C/c1ccnc2ccccc12.COc1cc(CP(Cl)(c2ccccc2)(c2ccccc2)c2ccccc2)c(OC)cc1CP(Cl)(c1ccccc1)(c1ccccc1)c1ccccc1.O=Cc1ccnc2ccccc12. The molecule has 0 radical (unpaired) electrons. The Bertz CT molecular complexity index is 4630. The van der Waals surface area contributed by atoms with Gasteiger partial charge in [0.15, 0.2) is 6.29 Å². The Morgan fingerprint density at radius 1 is 0.296 bits per heavy atom. The molecule has 3 heterocycles. The predicted octanol–water partition coefficient (Wildman–Crippen LogP) is 19.3. The van der Waals surface area contributed by atoms with Crippen LogP contribution in [0.3, 0.4) is 0 Å². The van der Waals surface area contributed by atoms with Crippen LogP contribution in [0, 0.1) is 0 Å². The van der Waals surface area contributed by atoms with E-state index in [9.17, 15) is 4.79 Å². The van der Waals surface area contributed by atoms with Crippen LogP contribution in [0.2, 0.25) is 0 Å². The van der Waals surface area contributed by atoms with Gasteiger partial charge in [0.25, 0.3) is 0 Å². The number of carbonyl (C=O) groups excluding carboxylic acids is 1. The number of halogens is 2. The minimum Gasteiger partial charge on any atom is -0.298 e. The van der Waals surface area contributed by atoms with Crippen LogP contribution in [0.1, 0.15) is 43.7 Å². The van der Waals surface area contributed by atoms with Crippen molar-refractivity contribution in [2.75, 3.05) is 28.4 Å². The first-order valence-electron chi connectivity index (χ1n) is 32.1. The van der Waals surface area contributed by atoms with Gasteiger partial charge in [0.2, 0.25) is 0 Å². The van der Waals surface area contributed by atoms with Crippen molar-refractivity contribution in [3.63, 3.8) is 0 Å². The molecule has 0 atom stereocenters. The summed E-state index contributed by atoms with van der Waals surface area (Å²) >= 11 is 17.1. The quantitative estimate of drug-likeness (QED) is 0.0584. The summed E-state index contributed by atoms with van der Waals surface area (Å²) in [6, 6.07) is 101. The number of benzene rings is 11. The van der Waals surface area contributed by atoms with Crippen LogP contribution in [0.4, 0.5) is 0 Å². The summed E-state index contributed by atoms with van der Waals surface area (Å²) < 4.78 is 24.1. The normalized spacial score (nSPS) is 12.3. The fourth-order valence-electron chi connectivity index (χ4n) is 13.1. The standard InChI is InChI=1S/C46H42Cl2O2P2.C30H24N2O2.C10H7NO/c1-49-45-33-38(36-52(48,42-27-15-6-16-28-42,43-29-17-7-18-30-43)44-31-19-8-20-32-44)46(50-2)34-37(45)35-51(47,39-21-9-3-10-22-39,40-23-11-4-12-24-40)41-25-13-5-14-26-41;1-33-29-19-24(14-12-22-16-18-32-28-10-6-4-8-26(22)28)30(34-2)20-23(29)13-11-21-15-17-31-27-9-5-3-7-25(21)27;12-7-8-5-6-11-10-4-2-1-3-9(8)10/h3-34H,35-36H2,1-2H3;3-20H,1-2H3;1-7H/b;13-11+,14-12+;. The number of aldehydes is 1. The summed E-state index contributed by atoms with van der Waals surface area (Å²) in [6.45, 7) is 0. The van der Waals surface area contributed by atoms with E-state index in [1.165, 1.54) is 0 Å². The van der Waals surface area contributed by atoms with Crippen LogP contribution < -0.4 is 50.8 Å². The third-order valence-corrected chi connectivity index (χ3v) is 32.4. The third-order valence-electron chi connectivity index (χ3n) is 18.0. The molecule has 0 saturated carbocycles. The molecule has 14 rings (SSSR count). The molecule has 11 aromatic carbocycles. The molecule has 14 aromatic rings. The molecule has 0 saturated heterocycles. The minimum absolute atomic E-state index is 0.505. The zero-order valence-corrected chi connectivity index (χ0v) is 58.2. The van der Waals surface area contributed by atoms with E-state index < -0.39 is 11.9 Å². The summed E-state index contributed by atoms with van der Waals surface area (Å²) in [5, 5.41) is 9.63.